The molecule has 1 rings (SSSR count). The molecular formula is C10H20N2O4S. The van der Waals surface area contributed by atoms with Crippen molar-refractivity contribution >= 4 is 16.2 Å². The Hall–Kier alpha value is -0.660. The molecule has 1 saturated carbocycles. The van der Waals surface area contributed by atoms with Gasteiger partial charge in [-0.05, 0) is 12.3 Å². The minimum Gasteiger partial charge on any atom is -0.469 e. The lowest BCUT2D eigenvalue weighted by atomic mass is 10.3. The summed E-state index contributed by atoms with van der Waals surface area (Å²) in [5, 5.41) is 0. The van der Waals surface area contributed by atoms with E-state index in [-0.39, 0.29) is 13.0 Å². The summed E-state index contributed by atoms with van der Waals surface area (Å²) in [4.78, 5) is 10.9. The van der Waals surface area contributed by atoms with Crippen LogP contribution in [0.1, 0.15) is 25.7 Å². The van der Waals surface area contributed by atoms with E-state index in [4.69, 9.17) is 0 Å². The second-order valence-corrected chi connectivity index (χ2v) is 6.14. The SMILES string of the molecule is COC(=O)CCN(C)S(=O)(=O)NCCC1CC1. The van der Waals surface area contributed by atoms with Crippen LogP contribution in [-0.4, -0.2) is 45.9 Å². The van der Waals surface area contributed by atoms with E-state index < -0.39 is 16.2 Å². The second kappa shape index (κ2) is 6.32. The van der Waals surface area contributed by atoms with Gasteiger partial charge in [0.05, 0.1) is 13.5 Å². The fourth-order valence-electron chi connectivity index (χ4n) is 1.38. The first-order chi connectivity index (χ1) is 7.95. The molecule has 17 heavy (non-hydrogen) atoms. The summed E-state index contributed by atoms with van der Waals surface area (Å²) in [6.07, 6.45) is 3.38. The van der Waals surface area contributed by atoms with Crippen molar-refractivity contribution in [3.63, 3.8) is 0 Å². The Balaban J connectivity index is 2.25. The molecule has 1 aliphatic rings. The van der Waals surface area contributed by atoms with Crippen LogP contribution in [0.2, 0.25) is 0 Å². The van der Waals surface area contributed by atoms with Gasteiger partial charge in [0, 0.05) is 20.1 Å². The van der Waals surface area contributed by atoms with Crippen molar-refractivity contribution in [2.75, 3.05) is 27.2 Å². The monoisotopic (exact) mass is 264 g/mol. The first-order valence-electron chi connectivity index (χ1n) is 5.73. The maximum atomic E-state index is 11.7. The molecule has 0 aliphatic heterocycles. The molecule has 0 spiro atoms. The van der Waals surface area contributed by atoms with Gasteiger partial charge in [0.2, 0.25) is 0 Å². The van der Waals surface area contributed by atoms with Crippen LogP contribution in [0, 0.1) is 5.92 Å². The number of carbonyl (C=O) groups is 1. The Morgan fingerprint density at radius 3 is 2.65 bits per heavy atom. The van der Waals surface area contributed by atoms with Crippen LogP contribution in [-0.2, 0) is 19.7 Å². The van der Waals surface area contributed by atoms with Crippen LogP contribution >= 0.6 is 0 Å². The quantitative estimate of drug-likeness (QED) is 0.632. The Bertz CT molecular complexity index is 351. The number of hydrogen-bond acceptors (Lipinski definition) is 4. The highest BCUT2D eigenvalue weighted by Gasteiger charge is 2.23. The van der Waals surface area contributed by atoms with Crippen molar-refractivity contribution in [1.29, 1.82) is 0 Å². The number of hydrogen-bond donors (Lipinski definition) is 1. The van der Waals surface area contributed by atoms with Gasteiger partial charge >= 0.3 is 5.97 Å². The zero-order chi connectivity index (χ0) is 12.9. The normalized spacial score (nSPS) is 16.2. The molecule has 0 heterocycles. The number of ether oxygens (including phenoxy) is 1. The molecule has 0 unspecified atom stereocenters. The predicted octanol–water partition coefficient (Wildman–Crippen LogP) is 0.116. The fourth-order valence-corrected chi connectivity index (χ4v) is 2.31. The summed E-state index contributed by atoms with van der Waals surface area (Å²) >= 11 is 0. The van der Waals surface area contributed by atoms with Gasteiger partial charge in [-0.2, -0.15) is 12.7 Å². The number of esters is 1. The van der Waals surface area contributed by atoms with Gasteiger partial charge in [0.15, 0.2) is 0 Å². The molecule has 0 saturated heterocycles. The molecule has 1 aliphatic carbocycles. The number of methoxy groups -OCH3 is 1. The molecule has 0 bridgehead atoms. The Morgan fingerprint density at radius 1 is 1.47 bits per heavy atom. The van der Waals surface area contributed by atoms with E-state index in [9.17, 15) is 13.2 Å². The van der Waals surface area contributed by atoms with Crippen LogP contribution in [0.4, 0.5) is 0 Å². The first-order valence-corrected chi connectivity index (χ1v) is 7.17. The maximum absolute atomic E-state index is 11.7. The van der Waals surface area contributed by atoms with Crippen LogP contribution in [0.25, 0.3) is 0 Å². The largest absolute Gasteiger partial charge is 0.469 e. The summed E-state index contributed by atoms with van der Waals surface area (Å²) < 4.78 is 31.5. The fraction of sp³-hybridized carbons (Fsp3) is 0.900. The number of carbonyl (C=O) groups excluding carboxylic acids is 1. The highest BCUT2D eigenvalue weighted by atomic mass is 32.2. The van der Waals surface area contributed by atoms with Crippen molar-refractivity contribution < 1.29 is 17.9 Å². The maximum Gasteiger partial charge on any atom is 0.306 e. The number of nitrogens with one attached hydrogen (secondary N) is 1. The Kier molecular flexibility index (Phi) is 5.35. The van der Waals surface area contributed by atoms with E-state index in [2.05, 4.69) is 9.46 Å². The summed E-state index contributed by atoms with van der Waals surface area (Å²) in [5.74, 6) is 0.281. The third kappa shape index (κ3) is 5.47. The molecule has 1 N–H and O–H groups in total. The van der Waals surface area contributed by atoms with E-state index in [1.165, 1.54) is 27.0 Å². The van der Waals surface area contributed by atoms with E-state index in [1.807, 2.05) is 0 Å². The van der Waals surface area contributed by atoms with E-state index in [0.29, 0.717) is 12.5 Å². The van der Waals surface area contributed by atoms with E-state index >= 15 is 0 Å². The Morgan fingerprint density at radius 2 is 2.12 bits per heavy atom. The molecule has 1 fully saturated rings. The van der Waals surface area contributed by atoms with Crippen molar-refractivity contribution in [3.8, 4) is 0 Å². The van der Waals surface area contributed by atoms with Gasteiger partial charge in [0.1, 0.15) is 0 Å². The minimum atomic E-state index is -3.46. The predicted molar refractivity (Wildman–Crippen MR) is 63.5 cm³/mol. The zero-order valence-electron chi connectivity index (χ0n) is 10.3. The zero-order valence-corrected chi connectivity index (χ0v) is 11.1. The summed E-state index contributed by atoms with van der Waals surface area (Å²) in [7, 11) is -0.727. The van der Waals surface area contributed by atoms with Gasteiger partial charge in [-0.15, -0.1) is 0 Å². The highest BCUT2D eigenvalue weighted by molar-refractivity contribution is 7.87. The molecule has 0 atom stereocenters. The van der Waals surface area contributed by atoms with E-state index in [0.717, 1.165) is 10.7 Å². The van der Waals surface area contributed by atoms with Crippen LogP contribution < -0.4 is 4.72 Å². The molecule has 100 valence electrons. The van der Waals surface area contributed by atoms with E-state index in [1.54, 1.807) is 0 Å². The number of nitrogens with zero attached hydrogens (tertiary/aromatic N) is 1. The molecule has 6 nitrogen and oxygen atoms in total. The van der Waals surface area contributed by atoms with Gasteiger partial charge in [0.25, 0.3) is 10.2 Å². The van der Waals surface area contributed by atoms with Crippen molar-refractivity contribution in [3.05, 3.63) is 0 Å². The Labute approximate surface area is 102 Å². The third-order valence-corrected chi connectivity index (χ3v) is 4.37. The van der Waals surface area contributed by atoms with Crippen molar-refractivity contribution in [2.24, 2.45) is 5.92 Å². The smallest absolute Gasteiger partial charge is 0.306 e. The average Bonchev–Trinajstić information content (AvgIpc) is 3.08. The lowest BCUT2D eigenvalue weighted by molar-refractivity contribution is -0.140. The third-order valence-electron chi connectivity index (χ3n) is 2.80. The number of rotatable bonds is 8. The van der Waals surface area contributed by atoms with Crippen LogP contribution in [0.3, 0.4) is 0 Å². The highest BCUT2D eigenvalue weighted by Crippen LogP contribution is 2.31. The minimum absolute atomic E-state index is 0.0660. The molecule has 7 heteroatoms. The molecular weight excluding hydrogens is 244 g/mol. The van der Waals surface area contributed by atoms with Gasteiger partial charge in [-0.3, -0.25) is 4.79 Å². The van der Waals surface area contributed by atoms with Crippen LogP contribution in [0.5, 0.6) is 0 Å². The molecule has 0 aromatic carbocycles. The lowest BCUT2D eigenvalue weighted by Gasteiger charge is -2.16. The van der Waals surface area contributed by atoms with Crippen molar-refractivity contribution in [1.82, 2.24) is 9.03 Å². The second-order valence-electron chi connectivity index (χ2n) is 4.28. The standard InChI is InChI=1S/C10H20N2O4S/c1-12(8-6-10(13)16-2)17(14,15)11-7-5-9-3-4-9/h9,11H,3-8H2,1-2H3. The molecule has 0 amide bonds. The molecule has 0 radical (unpaired) electrons. The van der Waals surface area contributed by atoms with Crippen molar-refractivity contribution in [2.45, 2.75) is 25.7 Å². The summed E-state index contributed by atoms with van der Waals surface area (Å²) in [5.41, 5.74) is 0. The molecule has 0 aromatic rings. The summed E-state index contributed by atoms with van der Waals surface area (Å²) in [6.45, 7) is 0.598. The average molecular weight is 264 g/mol. The first kappa shape index (κ1) is 14.4. The topological polar surface area (TPSA) is 75.7 Å². The van der Waals surface area contributed by atoms with Gasteiger partial charge in [-0.25, -0.2) is 4.72 Å². The lowest BCUT2D eigenvalue weighted by Crippen LogP contribution is -2.39. The van der Waals surface area contributed by atoms with Gasteiger partial charge < -0.3 is 4.74 Å². The molecule has 0 aromatic heterocycles. The van der Waals surface area contributed by atoms with Gasteiger partial charge in [-0.1, -0.05) is 12.8 Å². The van der Waals surface area contributed by atoms with Crippen LogP contribution in [0.15, 0.2) is 0 Å². The summed E-state index contributed by atoms with van der Waals surface area (Å²) in [6, 6.07) is 0.